The van der Waals surface area contributed by atoms with Gasteiger partial charge in [0, 0.05) is 36.2 Å². The number of aryl methyl sites for hydroxylation is 3. The van der Waals surface area contributed by atoms with E-state index in [0.29, 0.717) is 17.7 Å². The highest BCUT2D eigenvalue weighted by Crippen LogP contribution is 2.33. The van der Waals surface area contributed by atoms with Crippen molar-refractivity contribution in [3.05, 3.63) is 80.0 Å². The van der Waals surface area contributed by atoms with E-state index < -0.39 is 0 Å². The molecule has 30 heavy (non-hydrogen) atoms. The largest absolute Gasteiger partial charge is 0.454 e. The molecule has 0 fully saturated rings. The molecule has 3 heterocycles. The van der Waals surface area contributed by atoms with Gasteiger partial charge in [0.2, 0.25) is 6.79 Å². The molecule has 0 radical (unpaired) electrons. The number of aromatic amines is 1. The number of pyridine rings is 1. The predicted molar refractivity (Wildman–Crippen MR) is 113 cm³/mol. The highest BCUT2D eigenvalue weighted by Gasteiger charge is 2.19. The molecule has 0 saturated heterocycles. The van der Waals surface area contributed by atoms with E-state index >= 15 is 0 Å². The van der Waals surface area contributed by atoms with Gasteiger partial charge >= 0.3 is 0 Å². The van der Waals surface area contributed by atoms with E-state index in [4.69, 9.17) is 9.47 Å². The third-order valence-corrected chi connectivity index (χ3v) is 5.47. The Morgan fingerprint density at radius 3 is 2.63 bits per heavy atom. The van der Waals surface area contributed by atoms with Crippen LogP contribution in [0, 0.1) is 27.7 Å². The quantitative estimate of drug-likeness (QED) is 0.681. The number of benzene rings is 1. The van der Waals surface area contributed by atoms with Crippen molar-refractivity contribution < 1.29 is 14.3 Å². The predicted octanol–water partition coefficient (Wildman–Crippen LogP) is 3.12. The van der Waals surface area contributed by atoms with E-state index in [1.54, 1.807) is 0 Å². The number of hydrogen-bond donors (Lipinski definition) is 2. The number of H-pyrrole nitrogens is 1. The summed E-state index contributed by atoms with van der Waals surface area (Å²) in [4.78, 5) is 27.9. The maximum absolute atomic E-state index is 12.9. The summed E-state index contributed by atoms with van der Waals surface area (Å²) in [5.74, 6) is 1.31. The molecule has 1 aliphatic heterocycles. The number of ether oxygens (including phenoxy) is 2. The number of amides is 1. The van der Waals surface area contributed by atoms with Crippen LogP contribution >= 0.6 is 0 Å². The lowest BCUT2D eigenvalue weighted by atomic mass is 10.1. The number of carbonyl (C=O) groups is 1. The summed E-state index contributed by atoms with van der Waals surface area (Å²) in [5, 5.41) is 2.90. The summed E-state index contributed by atoms with van der Waals surface area (Å²) in [5.41, 5.74) is 5.54. The highest BCUT2D eigenvalue weighted by atomic mass is 16.7. The lowest BCUT2D eigenvalue weighted by Gasteiger charge is -2.10. The smallest absolute Gasteiger partial charge is 0.253 e. The van der Waals surface area contributed by atoms with Gasteiger partial charge in [-0.15, -0.1) is 0 Å². The van der Waals surface area contributed by atoms with E-state index in [9.17, 15) is 9.59 Å². The van der Waals surface area contributed by atoms with Gasteiger partial charge in [-0.1, -0.05) is 6.07 Å². The fourth-order valence-corrected chi connectivity index (χ4v) is 3.93. The Morgan fingerprint density at radius 2 is 1.87 bits per heavy atom. The zero-order chi connectivity index (χ0) is 21.4. The first kappa shape index (κ1) is 19.8. The lowest BCUT2D eigenvalue weighted by molar-refractivity contribution is 0.0949. The number of fused-ring (bicyclic) bond motifs is 1. The molecule has 7 heteroatoms. The van der Waals surface area contributed by atoms with E-state index in [1.807, 2.05) is 62.7 Å². The first-order valence-corrected chi connectivity index (χ1v) is 9.86. The van der Waals surface area contributed by atoms with Crippen molar-refractivity contribution in [2.75, 3.05) is 6.79 Å². The lowest BCUT2D eigenvalue weighted by Crippen LogP contribution is -2.28. The number of hydrogen-bond acceptors (Lipinski definition) is 4. The van der Waals surface area contributed by atoms with Crippen LogP contribution in [0.2, 0.25) is 0 Å². The Hall–Kier alpha value is -3.48. The molecule has 7 nitrogen and oxygen atoms in total. The summed E-state index contributed by atoms with van der Waals surface area (Å²) in [6.07, 6.45) is 1.97. The topological polar surface area (TPSA) is 85.3 Å². The molecule has 0 saturated carbocycles. The van der Waals surface area contributed by atoms with Gasteiger partial charge in [-0.25, -0.2) is 0 Å². The third-order valence-electron chi connectivity index (χ3n) is 5.47. The average molecular weight is 407 g/mol. The van der Waals surface area contributed by atoms with Gasteiger partial charge < -0.3 is 24.3 Å². The van der Waals surface area contributed by atoms with Crippen molar-refractivity contribution in [2.24, 2.45) is 0 Å². The summed E-state index contributed by atoms with van der Waals surface area (Å²) in [6, 6.07) is 7.76. The van der Waals surface area contributed by atoms with E-state index in [1.165, 1.54) is 0 Å². The van der Waals surface area contributed by atoms with Crippen LogP contribution in [-0.2, 0) is 13.1 Å². The molecule has 0 atom stereocenters. The van der Waals surface area contributed by atoms with Gasteiger partial charge in [0.15, 0.2) is 11.5 Å². The molecule has 0 spiro atoms. The zero-order valence-corrected chi connectivity index (χ0v) is 17.6. The van der Waals surface area contributed by atoms with Crippen LogP contribution in [-0.4, -0.2) is 22.3 Å². The second kappa shape index (κ2) is 7.74. The van der Waals surface area contributed by atoms with Crippen LogP contribution in [0.15, 0.2) is 35.3 Å². The van der Waals surface area contributed by atoms with Crippen molar-refractivity contribution in [3.63, 3.8) is 0 Å². The second-order valence-corrected chi connectivity index (χ2v) is 7.71. The maximum atomic E-state index is 12.9. The molecular formula is C23H25N3O4. The fourth-order valence-electron chi connectivity index (χ4n) is 3.93. The van der Waals surface area contributed by atoms with Gasteiger partial charge in [-0.05, 0) is 62.6 Å². The van der Waals surface area contributed by atoms with E-state index in [2.05, 4.69) is 10.3 Å². The second-order valence-electron chi connectivity index (χ2n) is 7.71. The Morgan fingerprint density at radius 1 is 1.10 bits per heavy atom. The van der Waals surface area contributed by atoms with Crippen molar-refractivity contribution in [1.29, 1.82) is 0 Å². The van der Waals surface area contributed by atoms with Crippen LogP contribution in [0.4, 0.5) is 0 Å². The molecule has 0 unspecified atom stereocenters. The van der Waals surface area contributed by atoms with Gasteiger partial charge in [0.25, 0.3) is 11.5 Å². The normalized spacial score (nSPS) is 12.3. The van der Waals surface area contributed by atoms with Gasteiger partial charge in [-0.3, -0.25) is 9.59 Å². The molecule has 2 aromatic heterocycles. The Bertz CT molecular complexity index is 1190. The summed E-state index contributed by atoms with van der Waals surface area (Å²) >= 11 is 0. The first-order valence-electron chi connectivity index (χ1n) is 9.86. The minimum Gasteiger partial charge on any atom is -0.454 e. The number of aromatic nitrogens is 2. The molecule has 4 rings (SSSR count). The SMILES string of the molecule is Cc1cc(C)c(CNC(=O)c2c(C)cn(Cc3ccc4c(c3)OCO4)c2C)c(=O)[nH]1. The van der Waals surface area contributed by atoms with Gasteiger partial charge in [0.1, 0.15) is 0 Å². The Balaban J connectivity index is 1.52. The maximum Gasteiger partial charge on any atom is 0.253 e. The van der Waals surface area contributed by atoms with E-state index in [-0.39, 0.29) is 24.8 Å². The fraction of sp³-hybridized carbons (Fsp3) is 0.304. The standard InChI is InChI=1S/C23H25N3O4/c1-13-7-15(3)25-22(27)18(13)9-24-23(28)21-14(2)10-26(16(21)4)11-17-5-6-19-20(8-17)30-12-29-19/h5-8,10H,9,11-12H2,1-4H3,(H,24,28)(H,25,27). The molecular weight excluding hydrogens is 382 g/mol. The third kappa shape index (κ3) is 3.70. The van der Waals surface area contributed by atoms with Crippen LogP contribution in [0.5, 0.6) is 11.5 Å². The monoisotopic (exact) mass is 407 g/mol. The Labute approximate surface area is 174 Å². The Kier molecular flexibility index (Phi) is 5.11. The minimum atomic E-state index is -0.186. The zero-order valence-electron chi connectivity index (χ0n) is 17.6. The molecule has 3 aromatic rings. The summed E-state index contributed by atoms with van der Waals surface area (Å²) in [6.45, 7) is 8.61. The molecule has 1 aliphatic rings. The number of nitrogens with zero attached hydrogens (tertiary/aromatic N) is 1. The number of rotatable bonds is 5. The average Bonchev–Trinajstić information content (AvgIpc) is 3.24. The van der Waals surface area contributed by atoms with Crippen molar-refractivity contribution >= 4 is 5.91 Å². The van der Waals surface area contributed by atoms with Crippen LogP contribution < -0.4 is 20.3 Å². The number of carbonyl (C=O) groups excluding carboxylic acids is 1. The van der Waals surface area contributed by atoms with Crippen molar-refractivity contribution in [3.8, 4) is 11.5 Å². The molecule has 1 aromatic carbocycles. The highest BCUT2D eigenvalue weighted by molar-refractivity contribution is 5.96. The molecule has 2 N–H and O–H groups in total. The first-order chi connectivity index (χ1) is 14.3. The minimum absolute atomic E-state index is 0.165. The van der Waals surface area contributed by atoms with Crippen LogP contribution in [0.3, 0.4) is 0 Å². The van der Waals surface area contributed by atoms with E-state index in [0.717, 1.165) is 39.6 Å². The number of nitrogens with one attached hydrogen (secondary N) is 2. The van der Waals surface area contributed by atoms with Gasteiger partial charge in [-0.2, -0.15) is 0 Å². The van der Waals surface area contributed by atoms with Crippen molar-refractivity contribution in [1.82, 2.24) is 14.9 Å². The molecule has 0 aliphatic carbocycles. The van der Waals surface area contributed by atoms with Gasteiger partial charge in [0.05, 0.1) is 5.56 Å². The summed E-state index contributed by atoms with van der Waals surface area (Å²) < 4.78 is 12.9. The van der Waals surface area contributed by atoms with Crippen molar-refractivity contribution in [2.45, 2.75) is 40.8 Å². The molecule has 156 valence electrons. The molecule has 1 amide bonds. The summed E-state index contributed by atoms with van der Waals surface area (Å²) in [7, 11) is 0. The van der Waals surface area contributed by atoms with Crippen LogP contribution in [0.25, 0.3) is 0 Å². The molecule has 0 bridgehead atoms. The van der Waals surface area contributed by atoms with Crippen LogP contribution in [0.1, 0.15) is 44.0 Å².